The SMILES string of the molecule is N=C1CCCN1c1ccc2c(c1)OCCO2. The summed E-state index contributed by atoms with van der Waals surface area (Å²) >= 11 is 0. The van der Waals surface area contributed by atoms with E-state index in [1.807, 2.05) is 23.1 Å². The maximum Gasteiger partial charge on any atom is 0.163 e. The van der Waals surface area contributed by atoms with E-state index in [2.05, 4.69) is 0 Å². The molecule has 2 aliphatic rings. The second-order valence-electron chi connectivity index (χ2n) is 4.03. The van der Waals surface area contributed by atoms with Crippen LogP contribution in [0.25, 0.3) is 0 Å². The first-order valence-electron chi connectivity index (χ1n) is 5.59. The van der Waals surface area contributed by atoms with Crippen molar-refractivity contribution in [2.75, 3.05) is 24.7 Å². The van der Waals surface area contributed by atoms with Crippen LogP contribution in [0, 0.1) is 5.41 Å². The number of anilines is 1. The molecule has 84 valence electrons. The van der Waals surface area contributed by atoms with Crippen LogP contribution in [0.2, 0.25) is 0 Å². The molecule has 0 aromatic heterocycles. The summed E-state index contributed by atoms with van der Waals surface area (Å²) in [5.74, 6) is 2.29. The summed E-state index contributed by atoms with van der Waals surface area (Å²) in [5, 5.41) is 7.84. The third-order valence-electron chi connectivity index (χ3n) is 2.96. The number of rotatable bonds is 1. The van der Waals surface area contributed by atoms with E-state index >= 15 is 0 Å². The largest absolute Gasteiger partial charge is 0.486 e. The molecule has 0 saturated carbocycles. The topological polar surface area (TPSA) is 45.6 Å². The lowest BCUT2D eigenvalue weighted by molar-refractivity contribution is 0.171. The predicted octanol–water partition coefficient (Wildman–Crippen LogP) is 2.04. The number of nitrogens with zero attached hydrogens (tertiary/aromatic N) is 1. The van der Waals surface area contributed by atoms with Crippen molar-refractivity contribution in [1.29, 1.82) is 5.41 Å². The number of fused-ring (bicyclic) bond motifs is 1. The zero-order valence-electron chi connectivity index (χ0n) is 9.03. The Bertz CT molecular complexity index is 431. The summed E-state index contributed by atoms with van der Waals surface area (Å²) in [6.07, 6.45) is 1.93. The van der Waals surface area contributed by atoms with E-state index in [1.54, 1.807) is 0 Å². The minimum atomic E-state index is 0.605. The van der Waals surface area contributed by atoms with Gasteiger partial charge < -0.3 is 14.4 Å². The third kappa shape index (κ3) is 1.50. The fourth-order valence-electron chi connectivity index (χ4n) is 2.16. The molecule has 4 heteroatoms. The molecule has 0 amide bonds. The standard InChI is InChI=1S/C12H14N2O2/c13-12-2-1-5-14(12)9-3-4-10-11(8-9)16-7-6-15-10/h3-4,8,13H,1-2,5-7H2. The first kappa shape index (κ1) is 9.51. The smallest absolute Gasteiger partial charge is 0.163 e. The number of hydrogen-bond acceptors (Lipinski definition) is 3. The van der Waals surface area contributed by atoms with Gasteiger partial charge in [-0.3, -0.25) is 5.41 Å². The molecule has 2 heterocycles. The highest BCUT2D eigenvalue weighted by Gasteiger charge is 2.20. The Morgan fingerprint density at radius 1 is 1.12 bits per heavy atom. The predicted molar refractivity (Wildman–Crippen MR) is 61.7 cm³/mol. The van der Waals surface area contributed by atoms with Crippen LogP contribution in [0.3, 0.4) is 0 Å². The van der Waals surface area contributed by atoms with E-state index in [9.17, 15) is 0 Å². The Labute approximate surface area is 94.3 Å². The van der Waals surface area contributed by atoms with E-state index < -0.39 is 0 Å². The molecule has 0 radical (unpaired) electrons. The minimum Gasteiger partial charge on any atom is -0.486 e. The van der Waals surface area contributed by atoms with Gasteiger partial charge in [0.25, 0.3) is 0 Å². The maximum atomic E-state index is 7.84. The van der Waals surface area contributed by atoms with Gasteiger partial charge in [0.05, 0.1) is 0 Å². The lowest BCUT2D eigenvalue weighted by atomic mass is 10.2. The van der Waals surface area contributed by atoms with Gasteiger partial charge in [0.1, 0.15) is 19.0 Å². The van der Waals surface area contributed by atoms with E-state index in [1.165, 1.54) is 0 Å². The van der Waals surface area contributed by atoms with Gasteiger partial charge in [-0.15, -0.1) is 0 Å². The molecule has 1 aromatic carbocycles. The summed E-state index contributed by atoms with van der Waals surface area (Å²) in [6.45, 7) is 2.15. The van der Waals surface area contributed by atoms with Gasteiger partial charge >= 0.3 is 0 Å². The number of ether oxygens (including phenoxy) is 2. The lowest BCUT2D eigenvalue weighted by Gasteiger charge is -2.22. The second-order valence-corrected chi connectivity index (χ2v) is 4.03. The fourth-order valence-corrected chi connectivity index (χ4v) is 2.16. The van der Waals surface area contributed by atoms with Crippen molar-refractivity contribution >= 4 is 11.5 Å². The van der Waals surface area contributed by atoms with E-state index in [4.69, 9.17) is 14.9 Å². The van der Waals surface area contributed by atoms with Crippen molar-refractivity contribution in [3.05, 3.63) is 18.2 Å². The van der Waals surface area contributed by atoms with Crippen molar-refractivity contribution in [3.8, 4) is 11.5 Å². The van der Waals surface area contributed by atoms with Crippen molar-refractivity contribution < 1.29 is 9.47 Å². The number of hydrogen-bond donors (Lipinski definition) is 1. The molecule has 0 unspecified atom stereocenters. The van der Waals surface area contributed by atoms with Crippen LogP contribution in [0.15, 0.2) is 18.2 Å². The third-order valence-corrected chi connectivity index (χ3v) is 2.96. The summed E-state index contributed by atoms with van der Waals surface area (Å²) in [5.41, 5.74) is 1.03. The van der Waals surface area contributed by atoms with Gasteiger partial charge in [-0.25, -0.2) is 0 Å². The highest BCUT2D eigenvalue weighted by atomic mass is 16.6. The molecular weight excluding hydrogens is 204 g/mol. The molecule has 1 aromatic rings. The highest BCUT2D eigenvalue weighted by Crippen LogP contribution is 2.35. The molecule has 4 nitrogen and oxygen atoms in total. The van der Waals surface area contributed by atoms with Gasteiger partial charge in [0.15, 0.2) is 11.5 Å². The van der Waals surface area contributed by atoms with Crippen LogP contribution in [0.1, 0.15) is 12.8 Å². The van der Waals surface area contributed by atoms with E-state index in [0.29, 0.717) is 19.0 Å². The van der Waals surface area contributed by atoms with Gasteiger partial charge in [-0.2, -0.15) is 0 Å². The Hall–Kier alpha value is -1.71. The summed E-state index contributed by atoms with van der Waals surface area (Å²) < 4.78 is 11.0. The second kappa shape index (κ2) is 3.70. The van der Waals surface area contributed by atoms with Gasteiger partial charge in [0, 0.05) is 24.7 Å². The normalized spacial score (nSPS) is 19.0. The fraction of sp³-hybridized carbons (Fsp3) is 0.417. The minimum absolute atomic E-state index is 0.605. The van der Waals surface area contributed by atoms with Gasteiger partial charge in [-0.05, 0) is 18.6 Å². The molecule has 2 aliphatic heterocycles. The Morgan fingerprint density at radius 2 is 1.94 bits per heavy atom. The maximum absolute atomic E-state index is 7.84. The highest BCUT2D eigenvalue weighted by molar-refractivity contribution is 5.97. The molecule has 0 bridgehead atoms. The first-order valence-corrected chi connectivity index (χ1v) is 5.59. The molecule has 1 fully saturated rings. The van der Waals surface area contributed by atoms with Crippen molar-refractivity contribution in [1.82, 2.24) is 0 Å². The van der Waals surface area contributed by atoms with Crippen LogP contribution in [-0.4, -0.2) is 25.6 Å². The first-order chi connectivity index (χ1) is 7.84. The molecule has 1 saturated heterocycles. The van der Waals surface area contributed by atoms with Gasteiger partial charge in [0.2, 0.25) is 0 Å². The molecule has 0 aliphatic carbocycles. The molecule has 0 spiro atoms. The van der Waals surface area contributed by atoms with Crippen LogP contribution < -0.4 is 14.4 Å². The quantitative estimate of drug-likeness (QED) is 0.784. The monoisotopic (exact) mass is 218 g/mol. The average molecular weight is 218 g/mol. The van der Waals surface area contributed by atoms with E-state index in [-0.39, 0.29) is 0 Å². The van der Waals surface area contributed by atoms with Crippen LogP contribution in [0.4, 0.5) is 5.69 Å². The average Bonchev–Trinajstić information content (AvgIpc) is 2.75. The summed E-state index contributed by atoms with van der Waals surface area (Å²) in [7, 11) is 0. The number of amidine groups is 1. The van der Waals surface area contributed by atoms with Crippen LogP contribution in [0.5, 0.6) is 11.5 Å². The summed E-state index contributed by atoms with van der Waals surface area (Å²) in [6, 6.07) is 5.89. The van der Waals surface area contributed by atoms with Crippen LogP contribution >= 0.6 is 0 Å². The van der Waals surface area contributed by atoms with E-state index in [0.717, 1.165) is 36.6 Å². The van der Waals surface area contributed by atoms with Crippen molar-refractivity contribution in [3.63, 3.8) is 0 Å². The van der Waals surface area contributed by atoms with Crippen LogP contribution in [-0.2, 0) is 0 Å². The molecule has 3 rings (SSSR count). The zero-order chi connectivity index (χ0) is 11.0. The number of nitrogens with one attached hydrogen (secondary N) is 1. The Balaban J connectivity index is 1.93. The Morgan fingerprint density at radius 3 is 2.69 bits per heavy atom. The van der Waals surface area contributed by atoms with Crippen molar-refractivity contribution in [2.45, 2.75) is 12.8 Å². The van der Waals surface area contributed by atoms with Gasteiger partial charge in [-0.1, -0.05) is 0 Å². The molecule has 1 N–H and O–H groups in total. The molecule has 0 atom stereocenters. The summed E-state index contributed by atoms with van der Waals surface area (Å²) in [4.78, 5) is 2.03. The zero-order valence-corrected chi connectivity index (χ0v) is 9.03. The molecular formula is C12H14N2O2. The molecule has 16 heavy (non-hydrogen) atoms. The van der Waals surface area contributed by atoms with Crippen molar-refractivity contribution in [2.24, 2.45) is 0 Å². The number of benzene rings is 1. The lowest BCUT2D eigenvalue weighted by Crippen LogP contribution is -2.23. The Kier molecular flexibility index (Phi) is 2.20.